The maximum Gasteiger partial charge on any atom is 0.333 e. The number of fused-ring (bicyclic) bond motifs is 15. The smallest absolute Gasteiger partial charge is 0.333 e. The summed E-state index contributed by atoms with van der Waals surface area (Å²) in [5.41, 5.74) is 20.0. The molecule has 2 aromatic heterocycles. The van der Waals surface area contributed by atoms with Gasteiger partial charge in [-0.2, -0.15) is 0 Å². The summed E-state index contributed by atoms with van der Waals surface area (Å²) in [5.74, 6) is 4.31. The van der Waals surface area contributed by atoms with Gasteiger partial charge < -0.3 is 13.8 Å². The van der Waals surface area contributed by atoms with Gasteiger partial charge in [-0.25, -0.2) is 0 Å². The first-order chi connectivity index (χ1) is 34.5. The highest BCUT2D eigenvalue weighted by Crippen LogP contribution is 2.62. The summed E-state index contributed by atoms with van der Waals surface area (Å²) < 4.78 is 10.0. The SMILES string of the molecule is CCC1(c2ccc3c(c2)c2cc(C45CC6CC(CC(C6)C4)C5)cc4c2n3-c2c3c(cc5c2oc2ccccc25)-c2ccc5ccccc5c2N(c2ccc(-c5ccccc5)cc2)B34)CC2CCC(C2)C1. The van der Waals surface area contributed by atoms with Gasteiger partial charge in [-0.15, -0.1) is 0 Å². The molecule has 4 heteroatoms. The lowest BCUT2D eigenvalue weighted by atomic mass is 9.42. The molecule has 340 valence electrons. The van der Waals surface area contributed by atoms with Crippen molar-refractivity contribution in [3.05, 3.63) is 163 Å². The fraction of sp³-hybridized carbons (Fsp3) is 0.303. The number of hydrogen-bond donors (Lipinski definition) is 0. The van der Waals surface area contributed by atoms with Crippen LogP contribution in [-0.4, -0.2) is 11.4 Å². The van der Waals surface area contributed by atoms with E-state index in [2.05, 4.69) is 168 Å². The molecule has 6 saturated carbocycles. The van der Waals surface area contributed by atoms with Crippen molar-refractivity contribution in [3.63, 3.8) is 0 Å². The van der Waals surface area contributed by atoms with Gasteiger partial charge in [0.2, 0.25) is 0 Å². The predicted molar refractivity (Wildman–Crippen MR) is 292 cm³/mol. The molecule has 8 aromatic carbocycles. The largest absolute Gasteiger partial charge is 0.454 e. The van der Waals surface area contributed by atoms with Crippen LogP contribution in [-0.2, 0) is 10.8 Å². The Morgan fingerprint density at radius 3 is 2.00 bits per heavy atom. The quantitative estimate of drug-likeness (QED) is 0.161. The van der Waals surface area contributed by atoms with Crippen LogP contribution in [0.4, 0.5) is 11.4 Å². The van der Waals surface area contributed by atoms with Crippen molar-refractivity contribution >= 4 is 83.7 Å². The van der Waals surface area contributed by atoms with Crippen molar-refractivity contribution in [1.29, 1.82) is 0 Å². The van der Waals surface area contributed by atoms with Crippen molar-refractivity contribution in [2.45, 2.75) is 94.8 Å². The second-order valence-electron chi connectivity index (χ2n) is 23.8. The Bertz CT molecular complexity index is 3830. The lowest BCUT2D eigenvalue weighted by molar-refractivity contribution is -0.00509. The molecule has 0 N–H and O–H groups in total. The van der Waals surface area contributed by atoms with Gasteiger partial charge in [0.1, 0.15) is 5.58 Å². The Morgan fingerprint density at radius 1 is 0.543 bits per heavy atom. The molecule has 70 heavy (non-hydrogen) atoms. The molecule has 4 heterocycles. The van der Waals surface area contributed by atoms with Crippen molar-refractivity contribution in [2.75, 3.05) is 4.81 Å². The highest BCUT2D eigenvalue weighted by atomic mass is 16.3. The summed E-state index contributed by atoms with van der Waals surface area (Å²) in [6.45, 7) is 2.40. The average molecular weight is 905 g/mol. The van der Waals surface area contributed by atoms with Gasteiger partial charge in [-0.1, -0.05) is 129 Å². The topological polar surface area (TPSA) is 21.3 Å². The fourth-order valence-electron chi connectivity index (χ4n) is 17.8. The summed E-state index contributed by atoms with van der Waals surface area (Å²) in [5, 5.41) is 7.85. The van der Waals surface area contributed by atoms with E-state index in [1.807, 2.05) is 0 Å². The van der Waals surface area contributed by atoms with E-state index in [1.165, 1.54) is 171 Å². The van der Waals surface area contributed by atoms with Crippen LogP contribution in [0, 0.1) is 29.6 Å². The zero-order valence-corrected chi connectivity index (χ0v) is 40.2. The maximum absolute atomic E-state index is 7.28. The Balaban J connectivity index is 1.02. The van der Waals surface area contributed by atoms with E-state index in [4.69, 9.17) is 4.42 Å². The number of rotatable bonds is 5. The summed E-state index contributed by atoms with van der Waals surface area (Å²) in [6.07, 6.45) is 16.6. The fourth-order valence-corrected chi connectivity index (χ4v) is 17.8. The zero-order valence-electron chi connectivity index (χ0n) is 40.2. The maximum atomic E-state index is 7.28. The van der Waals surface area contributed by atoms with Crippen LogP contribution >= 0.6 is 0 Å². The average Bonchev–Trinajstić information content (AvgIpc) is 4.07. The molecule has 6 fully saturated rings. The molecular formula is C66H57BN2O. The van der Waals surface area contributed by atoms with Crippen LogP contribution in [0.25, 0.3) is 82.5 Å². The Kier molecular flexibility index (Phi) is 7.78. The van der Waals surface area contributed by atoms with Gasteiger partial charge in [0, 0.05) is 43.9 Å². The number of nitrogens with zero attached hydrogens (tertiary/aromatic N) is 2. The molecule has 6 bridgehead atoms. The van der Waals surface area contributed by atoms with Crippen LogP contribution in [0.15, 0.2) is 156 Å². The minimum absolute atomic E-state index is 0.0907. The summed E-state index contributed by atoms with van der Waals surface area (Å²) in [4.78, 5) is 2.78. The molecule has 18 rings (SSSR count). The first-order valence-corrected chi connectivity index (χ1v) is 27.1. The molecule has 0 saturated heterocycles. The van der Waals surface area contributed by atoms with Gasteiger partial charge in [0.25, 0.3) is 0 Å². The van der Waals surface area contributed by atoms with Gasteiger partial charge in [0.05, 0.1) is 16.7 Å². The van der Waals surface area contributed by atoms with E-state index in [0.717, 1.165) is 40.8 Å². The number of para-hydroxylation sites is 1. The number of anilines is 2. The second-order valence-corrected chi connectivity index (χ2v) is 23.8. The van der Waals surface area contributed by atoms with E-state index in [-0.39, 0.29) is 17.7 Å². The highest BCUT2D eigenvalue weighted by molar-refractivity contribution is 6.94. The second kappa shape index (κ2) is 13.9. The predicted octanol–water partition coefficient (Wildman–Crippen LogP) is 16.1. The van der Waals surface area contributed by atoms with Gasteiger partial charge in [-0.05, 0) is 191 Å². The minimum Gasteiger partial charge on any atom is -0.454 e. The molecular weight excluding hydrogens is 848 g/mol. The minimum atomic E-state index is -0.0907. The number of aromatic nitrogens is 1. The Hall–Kier alpha value is -6.52. The molecule has 10 aromatic rings. The number of benzene rings is 8. The van der Waals surface area contributed by atoms with Gasteiger partial charge in [-0.3, -0.25) is 0 Å². The van der Waals surface area contributed by atoms with E-state index < -0.39 is 0 Å². The van der Waals surface area contributed by atoms with Crippen molar-refractivity contribution in [2.24, 2.45) is 29.6 Å². The summed E-state index contributed by atoms with van der Waals surface area (Å²) >= 11 is 0. The number of hydrogen-bond acceptors (Lipinski definition) is 2. The van der Waals surface area contributed by atoms with Crippen LogP contribution in [0.5, 0.6) is 0 Å². The lowest BCUT2D eigenvalue weighted by Gasteiger charge is -2.57. The monoisotopic (exact) mass is 904 g/mol. The van der Waals surface area contributed by atoms with Gasteiger partial charge >= 0.3 is 6.85 Å². The van der Waals surface area contributed by atoms with Crippen molar-refractivity contribution in [3.8, 4) is 27.9 Å². The first-order valence-electron chi connectivity index (χ1n) is 27.1. The van der Waals surface area contributed by atoms with Crippen LogP contribution in [0.1, 0.15) is 95.1 Å². The van der Waals surface area contributed by atoms with Crippen molar-refractivity contribution in [1.82, 2.24) is 4.57 Å². The number of furan rings is 1. The zero-order chi connectivity index (χ0) is 45.6. The van der Waals surface area contributed by atoms with Gasteiger partial charge in [0.15, 0.2) is 5.58 Å². The van der Waals surface area contributed by atoms with Crippen LogP contribution in [0.3, 0.4) is 0 Å². The third-order valence-electron chi connectivity index (χ3n) is 20.3. The molecule has 6 aliphatic carbocycles. The highest BCUT2D eigenvalue weighted by Gasteiger charge is 2.53. The molecule has 0 spiro atoms. The van der Waals surface area contributed by atoms with E-state index in [9.17, 15) is 0 Å². The summed E-state index contributed by atoms with van der Waals surface area (Å²) in [7, 11) is 0. The van der Waals surface area contributed by atoms with Crippen molar-refractivity contribution < 1.29 is 4.42 Å². The third-order valence-corrected chi connectivity index (χ3v) is 20.3. The molecule has 2 atom stereocenters. The Labute approximate surface area is 410 Å². The molecule has 0 amide bonds. The first kappa shape index (κ1) is 39.2. The van der Waals surface area contributed by atoms with Crippen LogP contribution in [0.2, 0.25) is 0 Å². The third kappa shape index (κ3) is 5.18. The molecule has 2 aliphatic heterocycles. The normalized spacial score (nSPS) is 26.8. The van der Waals surface area contributed by atoms with E-state index in [0.29, 0.717) is 0 Å². The molecule has 0 radical (unpaired) electrons. The van der Waals surface area contributed by atoms with E-state index in [1.54, 1.807) is 11.1 Å². The molecule has 2 unspecified atom stereocenters. The standard InChI is InChI=1S/C66H57BN2O/c1-2-65(34-39-16-17-40(26-39)35-65)47-21-25-58-53(30-47)55-31-48(66-36-41-27-42(37-66)29-43(28-41)38-66)32-57-62(55)68(58)63-60-54(33-56-51-14-8-9-15-59(51)70-64(56)63)52-24-20-46-12-6-7-13-50(46)61(52)69(67(57)60)49-22-18-45(19-23-49)44-10-4-3-5-11-44/h3-15,18-25,30-33,39-43H,2,16-17,26-29,34-38H2,1H3. The van der Waals surface area contributed by atoms with E-state index >= 15 is 0 Å². The Morgan fingerprint density at radius 2 is 1.23 bits per heavy atom. The molecule has 8 aliphatic rings. The molecule has 3 nitrogen and oxygen atoms in total. The summed E-state index contributed by atoms with van der Waals surface area (Å²) in [6, 6.07) is 59.1. The lowest BCUT2D eigenvalue weighted by Crippen LogP contribution is -2.61. The van der Waals surface area contributed by atoms with Crippen LogP contribution < -0.4 is 15.7 Å².